The van der Waals surface area contributed by atoms with Crippen molar-refractivity contribution in [1.29, 1.82) is 0 Å². The second-order valence-corrected chi connectivity index (χ2v) is 5.89. The van der Waals surface area contributed by atoms with Gasteiger partial charge in [-0.2, -0.15) is 0 Å². The Labute approximate surface area is 109 Å². The molecular formula is C13H15BrFNO. The lowest BCUT2D eigenvalue weighted by atomic mass is 9.70. The summed E-state index contributed by atoms with van der Waals surface area (Å²) in [4.78, 5) is 11.8. The SMILES string of the molecule is CC1(CNC(=O)c2ccc(Br)cc2F)CCC1. The van der Waals surface area contributed by atoms with Gasteiger partial charge >= 0.3 is 0 Å². The smallest absolute Gasteiger partial charge is 0.254 e. The predicted octanol–water partition coefficient (Wildman–Crippen LogP) is 3.51. The zero-order valence-electron chi connectivity index (χ0n) is 9.72. The van der Waals surface area contributed by atoms with Crippen LogP contribution in [-0.2, 0) is 0 Å². The molecular weight excluding hydrogens is 285 g/mol. The molecule has 1 aromatic carbocycles. The van der Waals surface area contributed by atoms with Gasteiger partial charge in [-0.25, -0.2) is 4.39 Å². The maximum atomic E-state index is 13.5. The third kappa shape index (κ3) is 2.86. The summed E-state index contributed by atoms with van der Waals surface area (Å²) in [7, 11) is 0. The van der Waals surface area contributed by atoms with Crippen molar-refractivity contribution in [2.75, 3.05) is 6.54 Å². The number of hydrogen-bond acceptors (Lipinski definition) is 1. The number of nitrogens with one attached hydrogen (secondary N) is 1. The van der Waals surface area contributed by atoms with E-state index in [0.29, 0.717) is 11.0 Å². The highest BCUT2D eigenvalue weighted by molar-refractivity contribution is 9.10. The van der Waals surface area contributed by atoms with E-state index in [4.69, 9.17) is 0 Å². The molecule has 1 aliphatic carbocycles. The third-order valence-electron chi connectivity index (χ3n) is 3.41. The molecule has 0 spiro atoms. The van der Waals surface area contributed by atoms with Crippen molar-refractivity contribution < 1.29 is 9.18 Å². The first-order valence-corrected chi connectivity index (χ1v) is 6.53. The van der Waals surface area contributed by atoms with E-state index in [9.17, 15) is 9.18 Å². The number of halogens is 2. The maximum Gasteiger partial charge on any atom is 0.254 e. The molecule has 2 nitrogen and oxygen atoms in total. The van der Waals surface area contributed by atoms with E-state index in [1.807, 2.05) is 0 Å². The van der Waals surface area contributed by atoms with E-state index < -0.39 is 5.82 Å². The van der Waals surface area contributed by atoms with Gasteiger partial charge in [-0.15, -0.1) is 0 Å². The van der Waals surface area contributed by atoms with Crippen molar-refractivity contribution in [3.05, 3.63) is 34.1 Å². The fourth-order valence-corrected chi connectivity index (χ4v) is 2.35. The van der Waals surface area contributed by atoms with E-state index in [1.54, 1.807) is 6.07 Å². The highest BCUT2D eigenvalue weighted by Crippen LogP contribution is 2.39. The molecule has 0 heterocycles. The summed E-state index contributed by atoms with van der Waals surface area (Å²) in [6.45, 7) is 2.77. The molecule has 17 heavy (non-hydrogen) atoms. The fraction of sp³-hybridized carbons (Fsp3) is 0.462. The van der Waals surface area contributed by atoms with E-state index in [2.05, 4.69) is 28.2 Å². The monoisotopic (exact) mass is 299 g/mol. The number of rotatable bonds is 3. The van der Waals surface area contributed by atoms with Gasteiger partial charge in [0.25, 0.3) is 5.91 Å². The van der Waals surface area contributed by atoms with Crippen molar-refractivity contribution >= 4 is 21.8 Å². The first kappa shape index (κ1) is 12.6. The number of benzene rings is 1. The Balaban J connectivity index is 1.99. The molecule has 1 N–H and O–H groups in total. The van der Waals surface area contributed by atoms with Crippen LogP contribution in [0.25, 0.3) is 0 Å². The van der Waals surface area contributed by atoms with Crippen LogP contribution in [0.3, 0.4) is 0 Å². The summed E-state index contributed by atoms with van der Waals surface area (Å²) in [5.41, 5.74) is 0.317. The molecule has 1 saturated carbocycles. The minimum atomic E-state index is -0.490. The van der Waals surface area contributed by atoms with Gasteiger partial charge in [0.2, 0.25) is 0 Å². The summed E-state index contributed by atoms with van der Waals surface area (Å²) in [5, 5.41) is 2.81. The largest absolute Gasteiger partial charge is 0.351 e. The average molecular weight is 300 g/mol. The van der Waals surface area contributed by atoms with Crippen LogP contribution in [0, 0.1) is 11.2 Å². The molecule has 1 aromatic rings. The third-order valence-corrected chi connectivity index (χ3v) is 3.91. The number of carbonyl (C=O) groups excluding carboxylic acids is 1. The lowest BCUT2D eigenvalue weighted by Gasteiger charge is -2.38. The van der Waals surface area contributed by atoms with Gasteiger partial charge in [0.05, 0.1) is 5.56 Å². The predicted molar refractivity (Wildman–Crippen MR) is 68.4 cm³/mol. The van der Waals surface area contributed by atoms with Gasteiger partial charge in [0, 0.05) is 11.0 Å². The second-order valence-electron chi connectivity index (χ2n) is 4.97. The summed E-state index contributed by atoms with van der Waals surface area (Å²) >= 11 is 3.16. The Kier molecular flexibility index (Phi) is 3.52. The standard InChI is InChI=1S/C13H15BrFNO/c1-13(5-2-6-13)8-16-12(17)10-4-3-9(14)7-11(10)15/h3-4,7H,2,5-6,8H2,1H3,(H,16,17). The normalized spacial score (nSPS) is 17.4. The molecule has 92 valence electrons. The molecule has 0 bridgehead atoms. The first-order valence-electron chi connectivity index (χ1n) is 5.73. The van der Waals surface area contributed by atoms with E-state index >= 15 is 0 Å². The van der Waals surface area contributed by atoms with Gasteiger partial charge in [0.1, 0.15) is 5.82 Å². The number of amides is 1. The minimum absolute atomic E-state index is 0.108. The molecule has 0 unspecified atom stereocenters. The van der Waals surface area contributed by atoms with Crippen LogP contribution >= 0.6 is 15.9 Å². The summed E-state index contributed by atoms with van der Waals surface area (Å²) < 4.78 is 14.2. The van der Waals surface area contributed by atoms with Crippen LogP contribution in [-0.4, -0.2) is 12.5 Å². The zero-order chi connectivity index (χ0) is 12.5. The zero-order valence-corrected chi connectivity index (χ0v) is 11.3. The van der Waals surface area contributed by atoms with Gasteiger partial charge in [-0.05, 0) is 36.5 Å². The summed E-state index contributed by atoms with van der Waals surface area (Å²) in [5.74, 6) is -0.821. The molecule has 1 fully saturated rings. The van der Waals surface area contributed by atoms with Crippen LogP contribution in [0.15, 0.2) is 22.7 Å². The van der Waals surface area contributed by atoms with Crippen molar-refractivity contribution in [2.45, 2.75) is 26.2 Å². The molecule has 0 aliphatic heterocycles. The number of carbonyl (C=O) groups is 1. The second kappa shape index (κ2) is 4.77. The first-order chi connectivity index (χ1) is 8.00. The Morgan fingerprint density at radius 2 is 2.24 bits per heavy atom. The molecule has 0 radical (unpaired) electrons. The molecule has 1 aliphatic rings. The van der Waals surface area contributed by atoms with Crippen molar-refractivity contribution in [2.24, 2.45) is 5.41 Å². The number of hydrogen-bond donors (Lipinski definition) is 1. The van der Waals surface area contributed by atoms with Crippen LogP contribution in [0.5, 0.6) is 0 Å². The average Bonchev–Trinajstić information content (AvgIpc) is 2.23. The van der Waals surface area contributed by atoms with Crippen LogP contribution < -0.4 is 5.32 Å². The quantitative estimate of drug-likeness (QED) is 0.909. The Morgan fingerprint density at radius 1 is 1.53 bits per heavy atom. The van der Waals surface area contributed by atoms with Crippen LogP contribution in [0.1, 0.15) is 36.5 Å². The molecule has 0 aromatic heterocycles. The van der Waals surface area contributed by atoms with E-state index in [-0.39, 0.29) is 16.9 Å². The van der Waals surface area contributed by atoms with Gasteiger partial charge in [-0.1, -0.05) is 29.3 Å². The Morgan fingerprint density at radius 3 is 2.76 bits per heavy atom. The molecule has 2 rings (SSSR count). The van der Waals surface area contributed by atoms with Crippen molar-refractivity contribution in [3.63, 3.8) is 0 Å². The highest BCUT2D eigenvalue weighted by atomic mass is 79.9. The molecule has 0 saturated heterocycles. The summed E-state index contributed by atoms with van der Waals surface area (Å²) in [6.07, 6.45) is 3.49. The fourth-order valence-electron chi connectivity index (χ4n) is 2.02. The lowest BCUT2D eigenvalue weighted by Crippen LogP contribution is -2.40. The molecule has 0 atom stereocenters. The maximum absolute atomic E-state index is 13.5. The van der Waals surface area contributed by atoms with Crippen molar-refractivity contribution in [1.82, 2.24) is 5.32 Å². The summed E-state index contributed by atoms with van der Waals surface area (Å²) in [6, 6.07) is 4.47. The lowest BCUT2D eigenvalue weighted by molar-refractivity contribution is 0.0887. The molecule has 1 amide bonds. The van der Waals surface area contributed by atoms with E-state index in [1.165, 1.54) is 18.6 Å². The highest BCUT2D eigenvalue weighted by Gasteiger charge is 2.32. The van der Waals surface area contributed by atoms with Gasteiger partial charge < -0.3 is 5.32 Å². The minimum Gasteiger partial charge on any atom is -0.351 e. The van der Waals surface area contributed by atoms with Crippen molar-refractivity contribution in [3.8, 4) is 0 Å². The Bertz CT molecular complexity index is 443. The Hall–Kier alpha value is -0.900. The van der Waals surface area contributed by atoms with Crippen LogP contribution in [0.4, 0.5) is 4.39 Å². The van der Waals surface area contributed by atoms with Gasteiger partial charge in [0.15, 0.2) is 0 Å². The molecule has 4 heteroatoms. The van der Waals surface area contributed by atoms with E-state index in [0.717, 1.165) is 12.8 Å². The van der Waals surface area contributed by atoms with Crippen LogP contribution in [0.2, 0.25) is 0 Å². The topological polar surface area (TPSA) is 29.1 Å². The van der Waals surface area contributed by atoms with Gasteiger partial charge in [-0.3, -0.25) is 4.79 Å².